The van der Waals surface area contributed by atoms with Crippen LogP contribution in [0.5, 0.6) is 0 Å². The highest BCUT2D eigenvalue weighted by atomic mass is 16.2. The third-order valence-electron chi connectivity index (χ3n) is 1.35. The first-order chi connectivity index (χ1) is 5.16. The number of nitrogens with zero attached hydrogens (tertiary/aromatic N) is 3. The van der Waals surface area contributed by atoms with Crippen molar-refractivity contribution < 1.29 is 0 Å². The third kappa shape index (κ3) is 1.21. The Morgan fingerprint density at radius 3 is 2.64 bits per heavy atom. The topological polar surface area (TPSA) is 56.9 Å². The van der Waals surface area contributed by atoms with Crippen LogP contribution in [0.15, 0.2) is 9.59 Å². The molecule has 5 heteroatoms. The summed E-state index contributed by atoms with van der Waals surface area (Å²) < 4.78 is 2.11. The van der Waals surface area contributed by atoms with E-state index in [0.717, 1.165) is 9.25 Å². The smallest absolute Gasteiger partial charge is 0.284 e. The lowest BCUT2D eigenvalue weighted by molar-refractivity contribution is 0.589. The van der Waals surface area contributed by atoms with Crippen molar-refractivity contribution in [3.8, 4) is 0 Å². The Balaban J connectivity index is 3.51. The van der Waals surface area contributed by atoms with E-state index < -0.39 is 11.1 Å². The lowest BCUT2D eigenvalue weighted by Gasteiger charge is -1.98. The molecule has 1 aromatic rings. The lowest BCUT2D eigenvalue weighted by Crippen LogP contribution is -2.41. The molecule has 0 spiro atoms. The Hall–Kier alpha value is -1.39. The molecule has 5 nitrogen and oxygen atoms in total. The van der Waals surface area contributed by atoms with Gasteiger partial charge in [-0.25, -0.2) is 4.68 Å². The fourth-order valence-corrected chi connectivity index (χ4v) is 0.680. The maximum absolute atomic E-state index is 11.0. The van der Waals surface area contributed by atoms with Gasteiger partial charge in [0.05, 0.1) is 0 Å². The summed E-state index contributed by atoms with van der Waals surface area (Å²) in [7, 11) is 1.42. The second-order valence-corrected chi connectivity index (χ2v) is 2.08. The number of aromatic nitrogens is 3. The van der Waals surface area contributed by atoms with Gasteiger partial charge in [-0.1, -0.05) is 0 Å². The van der Waals surface area contributed by atoms with Crippen LogP contribution in [0.1, 0.15) is 6.92 Å². The molecule has 59 valence electrons. The van der Waals surface area contributed by atoms with E-state index >= 15 is 0 Å². The summed E-state index contributed by atoms with van der Waals surface area (Å²) >= 11 is 0. The molecule has 1 rings (SSSR count). The first kappa shape index (κ1) is 7.71. The third-order valence-corrected chi connectivity index (χ3v) is 1.35. The van der Waals surface area contributed by atoms with E-state index in [1.54, 1.807) is 6.92 Å². The van der Waals surface area contributed by atoms with Crippen LogP contribution in [-0.2, 0) is 13.6 Å². The van der Waals surface area contributed by atoms with E-state index in [9.17, 15) is 9.59 Å². The molecule has 1 radical (unpaired) electrons. The quantitative estimate of drug-likeness (QED) is 0.475. The van der Waals surface area contributed by atoms with Crippen LogP contribution in [0.2, 0.25) is 0 Å². The average molecular weight is 154 g/mol. The standard InChI is InChI=1S/C6H8N3O2/c1-3-9-4-7-8(2)5(10)6(9)11/h3H2,1-2H3. The SMILES string of the molecule is CCn1[c]nn(C)c(=O)c1=O. The summed E-state index contributed by atoms with van der Waals surface area (Å²) in [5, 5.41) is 3.55. The van der Waals surface area contributed by atoms with E-state index in [-0.39, 0.29) is 0 Å². The van der Waals surface area contributed by atoms with Crippen LogP contribution in [0, 0.1) is 6.33 Å². The van der Waals surface area contributed by atoms with Gasteiger partial charge in [-0.3, -0.25) is 14.2 Å². The lowest BCUT2D eigenvalue weighted by atomic mass is 10.6. The van der Waals surface area contributed by atoms with Crippen molar-refractivity contribution in [2.45, 2.75) is 13.5 Å². The van der Waals surface area contributed by atoms with Gasteiger partial charge in [0.15, 0.2) is 0 Å². The van der Waals surface area contributed by atoms with E-state index in [1.807, 2.05) is 0 Å². The van der Waals surface area contributed by atoms with Crippen LogP contribution >= 0.6 is 0 Å². The number of rotatable bonds is 1. The molecule has 1 aromatic heterocycles. The molecule has 0 aliphatic rings. The van der Waals surface area contributed by atoms with Crippen LogP contribution in [0.25, 0.3) is 0 Å². The predicted molar refractivity (Wildman–Crippen MR) is 38.2 cm³/mol. The molecule has 1 heterocycles. The Morgan fingerprint density at radius 1 is 1.45 bits per heavy atom. The van der Waals surface area contributed by atoms with Crippen molar-refractivity contribution >= 4 is 0 Å². The maximum Gasteiger partial charge on any atom is 0.332 e. The molecule has 0 unspecified atom stereocenters. The summed E-state index contributed by atoms with van der Waals surface area (Å²) in [5.74, 6) is 0. The van der Waals surface area contributed by atoms with Gasteiger partial charge in [0.25, 0.3) is 0 Å². The Morgan fingerprint density at radius 2 is 2.09 bits per heavy atom. The molecule has 0 amide bonds. The van der Waals surface area contributed by atoms with Crippen molar-refractivity contribution in [3.05, 3.63) is 27.0 Å². The monoisotopic (exact) mass is 154 g/mol. The van der Waals surface area contributed by atoms with Crippen molar-refractivity contribution in [1.82, 2.24) is 14.3 Å². The molecule has 0 fully saturated rings. The molecule has 0 saturated heterocycles. The fourth-order valence-electron chi connectivity index (χ4n) is 0.680. The first-order valence-electron chi connectivity index (χ1n) is 3.22. The normalized spacial score (nSPS) is 10.0. The van der Waals surface area contributed by atoms with Crippen molar-refractivity contribution in [1.29, 1.82) is 0 Å². The van der Waals surface area contributed by atoms with Gasteiger partial charge in [-0.2, -0.15) is 0 Å². The summed E-state index contributed by atoms with van der Waals surface area (Å²) in [6, 6.07) is 0. The highest BCUT2D eigenvalue weighted by molar-refractivity contribution is 4.74. The van der Waals surface area contributed by atoms with Gasteiger partial charge >= 0.3 is 11.1 Å². The zero-order valence-electron chi connectivity index (χ0n) is 6.37. The van der Waals surface area contributed by atoms with Crippen LogP contribution in [-0.4, -0.2) is 14.3 Å². The van der Waals surface area contributed by atoms with Gasteiger partial charge < -0.3 is 0 Å². The van der Waals surface area contributed by atoms with E-state index in [2.05, 4.69) is 11.4 Å². The van der Waals surface area contributed by atoms with Crippen molar-refractivity contribution in [2.75, 3.05) is 0 Å². The molecule has 0 bridgehead atoms. The van der Waals surface area contributed by atoms with Gasteiger partial charge in [-0.15, -0.1) is 5.10 Å². The van der Waals surface area contributed by atoms with Gasteiger partial charge in [-0.05, 0) is 6.92 Å². The Kier molecular flexibility index (Phi) is 1.89. The summed E-state index contributed by atoms with van der Waals surface area (Å²) in [6.45, 7) is 2.17. The van der Waals surface area contributed by atoms with E-state index in [4.69, 9.17) is 0 Å². The molecule has 0 N–H and O–H groups in total. The van der Waals surface area contributed by atoms with Gasteiger partial charge in [0.2, 0.25) is 6.33 Å². The highest BCUT2D eigenvalue weighted by Gasteiger charge is 2.00. The fraction of sp³-hybridized carbons (Fsp3) is 0.500. The van der Waals surface area contributed by atoms with E-state index in [1.165, 1.54) is 7.05 Å². The molecule has 0 atom stereocenters. The van der Waals surface area contributed by atoms with E-state index in [0.29, 0.717) is 6.54 Å². The molecule has 0 saturated carbocycles. The van der Waals surface area contributed by atoms with Crippen LogP contribution in [0.3, 0.4) is 0 Å². The van der Waals surface area contributed by atoms with Crippen molar-refractivity contribution in [2.24, 2.45) is 7.05 Å². The first-order valence-corrected chi connectivity index (χ1v) is 3.22. The zero-order valence-corrected chi connectivity index (χ0v) is 6.37. The van der Waals surface area contributed by atoms with Crippen molar-refractivity contribution in [3.63, 3.8) is 0 Å². The van der Waals surface area contributed by atoms with Crippen LogP contribution < -0.4 is 11.1 Å². The summed E-state index contributed by atoms with van der Waals surface area (Å²) in [5.41, 5.74) is -1.20. The summed E-state index contributed by atoms with van der Waals surface area (Å²) in [4.78, 5) is 21.9. The molecule has 0 aliphatic carbocycles. The zero-order chi connectivity index (χ0) is 8.43. The van der Waals surface area contributed by atoms with Gasteiger partial charge in [0, 0.05) is 13.6 Å². The second kappa shape index (κ2) is 2.69. The molecule has 0 aliphatic heterocycles. The molecule has 11 heavy (non-hydrogen) atoms. The minimum atomic E-state index is -0.620. The second-order valence-electron chi connectivity index (χ2n) is 2.08. The number of hydrogen-bond acceptors (Lipinski definition) is 3. The highest BCUT2D eigenvalue weighted by Crippen LogP contribution is 1.68. The minimum absolute atomic E-state index is 0.419. The number of aryl methyl sites for hydroxylation is 2. The van der Waals surface area contributed by atoms with Crippen LogP contribution in [0.4, 0.5) is 0 Å². The average Bonchev–Trinajstić information content (AvgIpc) is 2.01. The summed E-state index contributed by atoms with van der Waals surface area (Å²) in [6.07, 6.45) is 2.41. The maximum atomic E-state index is 11.0. The predicted octanol–water partition coefficient (Wildman–Crippen LogP) is -1.24. The molecular formula is C6H8N3O2. The Bertz CT molecular complexity index is 363. The molecule has 0 aromatic carbocycles. The van der Waals surface area contributed by atoms with Gasteiger partial charge in [0.1, 0.15) is 0 Å². The number of hydrogen-bond donors (Lipinski definition) is 0. The Labute approximate surface area is 62.9 Å². The molecular weight excluding hydrogens is 146 g/mol. The largest absolute Gasteiger partial charge is 0.332 e. The minimum Gasteiger partial charge on any atom is -0.284 e.